The van der Waals surface area contributed by atoms with Crippen molar-refractivity contribution in [2.24, 2.45) is 0 Å². The molecule has 0 aliphatic rings. The Labute approximate surface area is 187 Å². The molecule has 1 heterocycles. The van der Waals surface area contributed by atoms with Gasteiger partial charge >= 0.3 is 0 Å². The Morgan fingerprint density at radius 2 is 1.77 bits per heavy atom. The first-order valence-electron chi connectivity index (χ1n) is 8.69. The lowest BCUT2D eigenvalue weighted by atomic mass is 10.1. The summed E-state index contributed by atoms with van der Waals surface area (Å²) in [5, 5.41) is 4.09. The van der Waals surface area contributed by atoms with Gasteiger partial charge in [-0.1, -0.05) is 35.3 Å². The van der Waals surface area contributed by atoms with E-state index in [9.17, 15) is 13.2 Å². The molecule has 1 aromatic heterocycles. The maximum absolute atomic E-state index is 12.7. The van der Waals surface area contributed by atoms with E-state index in [1.165, 1.54) is 29.5 Å². The number of carbonyl (C=O) groups is 1. The molecule has 0 aliphatic carbocycles. The van der Waals surface area contributed by atoms with E-state index in [2.05, 4.69) is 10.3 Å². The van der Waals surface area contributed by atoms with Crippen molar-refractivity contribution in [1.82, 2.24) is 4.98 Å². The Kier molecular flexibility index (Phi) is 5.55. The molecule has 5 nitrogen and oxygen atoms in total. The van der Waals surface area contributed by atoms with Gasteiger partial charge in [-0.2, -0.15) is 0 Å². The third-order valence-corrected chi connectivity index (χ3v) is 7.18. The summed E-state index contributed by atoms with van der Waals surface area (Å²) in [5.41, 5.74) is 2.26. The zero-order valence-corrected chi connectivity index (χ0v) is 18.7. The molecule has 0 radical (unpaired) electrons. The third-order valence-electron chi connectivity index (χ3n) is 4.36. The van der Waals surface area contributed by atoms with Crippen molar-refractivity contribution in [3.05, 3.63) is 76.3 Å². The predicted molar refractivity (Wildman–Crippen MR) is 123 cm³/mol. The van der Waals surface area contributed by atoms with E-state index in [0.29, 0.717) is 16.3 Å². The number of thiazole rings is 1. The minimum Gasteiger partial charge on any atom is -0.322 e. The van der Waals surface area contributed by atoms with Gasteiger partial charge in [0.05, 0.1) is 30.7 Å². The maximum atomic E-state index is 12.7. The van der Waals surface area contributed by atoms with Crippen LogP contribution in [0.15, 0.2) is 65.6 Å². The molecule has 0 aliphatic heterocycles. The number of anilines is 1. The monoisotopic (exact) mass is 476 g/mol. The summed E-state index contributed by atoms with van der Waals surface area (Å²) in [6, 6.07) is 16.9. The van der Waals surface area contributed by atoms with E-state index in [4.69, 9.17) is 23.2 Å². The van der Waals surface area contributed by atoms with E-state index < -0.39 is 15.7 Å². The zero-order chi connectivity index (χ0) is 21.5. The van der Waals surface area contributed by atoms with Crippen molar-refractivity contribution in [2.45, 2.75) is 4.90 Å². The first-order chi connectivity index (χ1) is 14.2. The smallest absolute Gasteiger partial charge is 0.257 e. The van der Waals surface area contributed by atoms with Crippen LogP contribution in [0.2, 0.25) is 10.0 Å². The standard InChI is InChI=1S/C21H14Cl2N2O3S2/c1-30(27,28)13-7-8-14(17(23)11-13)20(26)24-12-6-9-16(22)15(10-12)21-25-18-4-2-3-5-19(18)29-21/h2-11H,1H3,(H,24,26). The minimum absolute atomic E-state index is 0.0497. The summed E-state index contributed by atoms with van der Waals surface area (Å²) >= 11 is 14.0. The number of nitrogens with zero attached hydrogens (tertiary/aromatic N) is 1. The Balaban J connectivity index is 1.64. The fourth-order valence-electron chi connectivity index (χ4n) is 2.86. The molecule has 0 saturated heterocycles. The number of fused-ring (bicyclic) bond motifs is 1. The van der Waals surface area contributed by atoms with E-state index in [1.807, 2.05) is 24.3 Å². The molecule has 30 heavy (non-hydrogen) atoms. The molecule has 4 aromatic rings. The summed E-state index contributed by atoms with van der Waals surface area (Å²) in [6.07, 6.45) is 1.08. The lowest BCUT2D eigenvalue weighted by Crippen LogP contribution is -2.13. The largest absolute Gasteiger partial charge is 0.322 e. The molecule has 1 N–H and O–H groups in total. The second-order valence-corrected chi connectivity index (χ2v) is 10.4. The van der Waals surface area contributed by atoms with Crippen LogP contribution < -0.4 is 5.32 Å². The van der Waals surface area contributed by atoms with Crippen LogP contribution in [0.5, 0.6) is 0 Å². The van der Waals surface area contributed by atoms with Crippen LogP contribution in [0, 0.1) is 0 Å². The van der Waals surface area contributed by atoms with E-state index in [1.54, 1.807) is 18.2 Å². The van der Waals surface area contributed by atoms with Gasteiger partial charge in [0.15, 0.2) is 9.84 Å². The number of hydrogen-bond acceptors (Lipinski definition) is 5. The highest BCUT2D eigenvalue weighted by Gasteiger charge is 2.16. The SMILES string of the molecule is CS(=O)(=O)c1ccc(C(=O)Nc2ccc(Cl)c(-c3nc4ccccc4s3)c2)c(Cl)c1. The number of hydrogen-bond donors (Lipinski definition) is 1. The summed E-state index contributed by atoms with van der Waals surface area (Å²) in [5.74, 6) is -0.461. The first-order valence-corrected chi connectivity index (χ1v) is 12.2. The van der Waals surface area contributed by atoms with Gasteiger partial charge in [0.25, 0.3) is 5.91 Å². The van der Waals surface area contributed by atoms with E-state index >= 15 is 0 Å². The molecule has 0 unspecified atom stereocenters. The number of halogens is 2. The number of sulfone groups is 1. The van der Waals surface area contributed by atoms with Crippen molar-refractivity contribution in [3.63, 3.8) is 0 Å². The molecule has 0 spiro atoms. The average Bonchev–Trinajstić information content (AvgIpc) is 3.12. The Morgan fingerprint density at radius 1 is 1.00 bits per heavy atom. The highest BCUT2D eigenvalue weighted by Crippen LogP contribution is 2.36. The van der Waals surface area contributed by atoms with Gasteiger partial charge in [-0.15, -0.1) is 11.3 Å². The van der Waals surface area contributed by atoms with E-state index in [0.717, 1.165) is 21.5 Å². The van der Waals surface area contributed by atoms with Crippen molar-refractivity contribution in [2.75, 3.05) is 11.6 Å². The Bertz CT molecular complexity index is 1370. The molecule has 0 saturated carbocycles. The molecule has 0 bridgehead atoms. The zero-order valence-electron chi connectivity index (χ0n) is 15.5. The van der Waals surface area contributed by atoms with Gasteiger partial charge in [0.1, 0.15) is 5.01 Å². The number of aromatic nitrogens is 1. The average molecular weight is 477 g/mol. The summed E-state index contributed by atoms with van der Waals surface area (Å²) < 4.78 is 24.3. The summed E-state index contributed by atoms with van der Waals surface area (Å²) in [6.45, 7) is 0. The molecule has 4 rings (SSSR count). The quantitative estimate of drug-likeness (QED) is 0.396. The molecule has 0 atom stereocenters. The number of amides is 1. The van der Waals surface area contributed by atoms with Crippen molar-refractivity contribution < 1.29 is 13.2 Å². The normalized spacial score (nSPS) is 11.6. The number of rotatable bonds is 4. The lowest BCUT2D eigenvalue weighted by Gasteiger charge is -2.10. The fourth-order valence-corrected chi connectivity index (χ4v) is 5.10. The minimum atomic E-state index is -3.42. The second kappa shape index (κ2) is 8.00. The highest BCUT2D eigenvalue weighted by atomic mass is 35.5. The van der Waals surface area contributed by atoms with Gasteiger partial charge in [0.2, 0.25) is 0 Å². The molecule has 9 heteroatoms. The first kappa shape index (κ1) is 20.8. The fraction of sp³-hybridized carbons (Fsp3) is 0.0476. The molecular weight excluding hydrogens is 463 g/mol. The van der Waals surface area contributed by atoms with Gasteiger partial charge in [0, 0.05) is 17.5 Å². The summed E-state index contributed by atoms with van der Waals surface area (Å²) in [7, 11) is -3.42. The van der Waals surface area contributed by atoms with Crippen LogP contribution >= 0.6 is 34.5 Å². The Morgan fingerprint density at radius 3 is 2.47 bits per heavy atom. The lowest BCUT2D eigenvalue weighted by molar-refractivity contribution is 0.102. The molecule has 0 fully saturated rings. The van der Waals surface area contributed by atoms with Crippen molar-refractivity contribution in [1.29, 1.82) is 0 Å². The predicted octanol–water partition coefficient (Wildman–Crippen LogP) is 5.93. The van der Waals surface area contributed by atoms with E-state index in [-0.39, 0.29) is 15.5 Å². The van der Waals surface area contributed by atoms with Gasteiger partial charge in [-0.25, -0.2) is 13.4 Å². The second-order valence-electron chi connectivity index (χ2n) is 6.55. The highest BCUT2D eigenvalue weighted by molar-refractivity contribution is 7.90. The van der Waals surface area contributed by atoms with Crippen LogP contribution in [-0.2, 0) is 9.84 Å². The van der Waals surface area contributed by atoms with Crippen LogP contribution in [0.4, 0.5) is 5.69 Å². The molecular formula is C21H14Cl2N2O3S2. The molecule has 3 aromatic carbocycles. The third kappa shape index (κ3) is 4.20. The van der Waals surface area contributed by atoms with Crippen LogP contribution in [0.3, 0.4) is 0 Å². The number of para-hydroxylation sites is 1. The molecule has 1 amide bonds. The van der Waals surface area contributed by atoms with Crippen LogP contribution in [0.25, 0.3) is 20.8 Å². The number of nitrogens with one attached hydrogen (secondary N) is 1. The van der Waals surface area contributed by atoms with Gasteiger partial charge in [-0.3, -0.25) is 4.79 Å². The number of benzene rings is 3. The number of carbonyl (C=O) groups excluding carboxylic acids is 1. The maximum Gasteiger partial charge on any atom is 0.257 e. The van der Waals surface area contributed by atoms with Crippen molar-refractivity contribution in [3.8, 4) is 10.6 Å². The summed E-state index contributed by atoms with van der Waals surface area (Å²) in [4.78, 5) is 17.3. The topological polar surface area (TPSA) is 76.1 Å². The van der Waals surface area contributed by atoms with Gasteiger partial charge < -0.3 is 5.32 Å². The molecule has 152 valence electrons. The Hall–Kier alpha value is -2.45. The van der Waals surface area contributed by atoms with Gasteiger partial charge in [-0.05, 0) is 48.5 Å². The van der Waals surface area contributed by atoms with Crippen LogP contribution in [-0.4, -0.2) is 25.6 Å². The van der Waals surface area contributed by atoms with Crippen molar-refractivity contribution >= 4 is 66.2 Å². The van der Waals surface area contributed by atoms with Crippen LogP contribution in [0.1, 0.15) is 10.4 Å².